The number of hydrogen-bond acceptors (Lipinski definition) is 4. The number of unbranched alkanes of at least 4 members (excludes halogenated alkanes) is 5. The SMILES string of the molecule is CCCCCCC[CH2][Sn].Cc1cccc(CCS)c1C(=O)O.Cc1cccc(CCS)c1C(=O)O. The van der Waals surface area contributed by atoms with E-state index in [0.717, 1.165) is 22.3 Å². The van der Waals surface area contributed by atoms with Gasteiger partial charge in [0.15, 0.2) is 0 Å². The fourth-order valence-corrected chi connectivity index (χ4v) is 4.83. The van der Waals surface area contributed by atoms with Crippen LogP contribution in [0.15, 0.2) is 36.4 Å². The Labute approximate surface area is 236 Å². The van der Waals surface area contributed by atoms with Gasteiger partial charge in [-0.3, -0.25) is 0 Å². The van der Waals surface area contributed by atoms with E-state index in [2.05, 4.69) is 32.2 Å². The molecule has 0 spiro atoms. The molecule has 193 valence electrons. The molecule has 0 saturated carbocycles. The van der Waals surface area contributed by atoms with E-state index in [1.165, 1.54) is 43.0 Å². The molecule has 2 aromatic rings. The number of thiol groups is 2. The summed E-state index contributed by atoms with van der Waals surface area (Å²) in [4.78, 5) is 21.8. The summed E-state index contributed by atoms with van der Waals surface area (Å²) in [5, 5.41) is 17.9. The van der Waals surface area contributed by atoms with Gasteiger partial charge in [-0.15, -0.1) is 0 Å². The van der Waals surface area contributed by atoms with Crippen molar-refractivity contribution in [3.63, 3.8) is 0 Å². The molecule has 0 aliphatic rings. The van der Waals surface area contributed by atoms with Crippen LogP contribution in [-0.4, -0.2) is 56.2 Å². The third-order valence-electron chi connectivity index (χ3n) is 5.44. The molecule has 2 rings (SSSR count). The molecule has 2 aromatic carbocycles. The molecule has 3 radical (unpaired) electrons. The van der Waals surface area contributed by atoms with Gasteiger partial charge in [-0.05, 0) is 60.4 Å². The molecule has 0 unspecified atom stereocenters. The van der Waals surface area contributed by atoms with E-state index in [9.17, 15) is 9.59 Å². The first-order valence-electron chi connectivity index (χ1n) is 12.2. The molecule has 0 bridgehead atoms. The first kappa shape index (κ1) is 33.9. The van der Waals surface area contributed by atoms with Crippen molar-refractivity contribution < 1.29 is 19.8 Å². The predicted octanol–water partition coefficient (Wildman–Crippen LogP) is 7.26. The van der Waals surface area contributed by atoms with Gasteiger partial charge in [-0.2, -0.15) is 25.3 Å². The summed E-state index contributed by atoms with van der Waals surface area (Å²) < 4.78 is 1.46. The summed E-state index contributed by atoms with van der Waals surface area (Å²) in [6.45, 7) is 5.89. The van der Waals surface area contributed by atoms with Crippen molar-refractivity contribution in [1.29, 1.82) is 0 Å². The van der Waals surface area contributed by atoms with Crippen molar-refractivity contribution in [2.45, 2.75) is 76.6 Å². The fraction of sp³-hybridized carbons (Fsp3) is 0.500. The number of aromatic carboxylic acids is 2. The van der Waals surface area contributed by atoms with Gasteiger partial charge in [-0.25, -0.2) is 9.59 Å². The maximum atomic E-state index is 10.9. The number of hydrogen-bond donors (Lipinski definition) is 4. The molecule has 2 N–H and O–H groups in total. The Morgan fingerprint density at radius 3 is 1.49 bits per heavy atom. The van der Waals surface area contributed by atoms with E-state index >= 15 is 0 Å². The molecule has 0 aromatic heterocycles. The van der Waals surface area contributed by atoms with Crippen molar-refractivity contribution in [3.8, 4) is 0 Å². The predicted molar refractivity (Wildman–Crippen MR) is 155 cm³/mol. The van der Waals surface area contributed by atoms with Gasteiger partial charge >= 0.3 is 84.3 Å². The number of carboxylic acids is 2. The Morgan fingerprint density at radius 1 is 0.743 bits per heavy atom. The summed E-state index contributed by atoms with van der Waals surface area (Å²) >= 11 is 9.89. The van der Waals surface area contributed by atoms with Gasteiger partial charge in [0, 0.05) is 0 Å². The van der Waals surface area contributed by atoms with Crippen LogP contribution in [0, 0.1) is 13.8 Å². The second kappa shape index (κ2) is 21.0. The van der Waals surface area contributed by atoms with Crippen LogP contribution in [0.5, 0.6) is 0 Å². The van der Waals surface area contributed by atoms with Crippen LogP contribution >= 0.6 is 25.3 Å². The molecule has 4 nitrogen and oxygen atoms in total. The van der Waals surface area contributed by atoms with Crippen LogP contribution in [0.3, 0.4) is 0 Å². The molecular formula is C28H41O4S2Sn. The van der Waals surface area contributed by atoms with Gasteiger partial charge in [-0.1, -0.05) is 36.4 Å². The van der Waals surface area contributed by atoms with Crippen LogP contribution in [0.2, 0.25) is 4.44 Å². The number of rotatable bonds is 12. The minimum atomic E-state index is -0.852. The van der Waals surface area contributed by atoms with Crippen molar-refractivity contribution in [2.24, 2.45) is 0 Å². The standard InChI is InChI=1S/2C10H12O2S.C8H17.Sn/c2*1-7-3-2-4-8(5-6-13)9(7)10(11)12;1-3-5-7-8-6-4-2;/h2*2-4,13H,5-6H2,1H3,(H,11,12);1,3-8H2,2H3;. The molecule has 35 heavy (non-hydrogen) atoms. The summed E-state index contributed by atoms with van der Waals surface area (Å²) in [5.41, 5.74) is 4.21. The topological polar surface area (TPSA) is 74.6 Å². The minimum Gasteiger partial charge on any atom is -0.478 e. The Balaban J connectivity index is 0.000000506. The van der Waals surface area contributed by atoms with E-state index in [1.807, 2.05) is 50.2 Å². The molecule has 0 saturated heterocycles. The summed E-state index contributed by atoms with van der Waals surface area (Å²) in [6, 6.07) is 11.1. The Morgan fingerprint density at radius 2 is 1.14 bits per heavy atom. The molecule has 0 aliphatic heterocycles. The zero-order chi connectivity index (χ0) is 26.6. The summed E-state index contributed by atoms with van der Waals surface area (Å²) in [6.07, 6.45) is 10.1. The normalized spacial score (nSPS) is 10.0. The Hall–Kier alpha value is -1.12. The quantitative estimate of drug-likeness (QED) is 0.114. The van der Waals surface area contributed by atoms with E-state index in [0.29, 0.717) is 35.5 Å². The molecule has 0 amide bonds. The number of carboxylic acid groups (broad SMARTS) is 2. The smallest absolute Gasteiger partial charge is 0.336 e. The Kier molecular flexibility index (Phi) is 20.3. The second-order valence-corrected chi connectivity index (χ2v) is 10.6. The van der Waals surface area contributed by atoms with Crippen molar-refractivity contribution in [1.82, 2.24) is 0 Å². The van der Waals surface area contributed by atoms with E-state index < -0.39 is 11.9 Å². The third kappa shape index (κ3) is 14.3. The first-order chi connectivity index (χ1) is 16.7. The molecule has 0 heterocycles. The zero-order valence-electron chi connectivity index (χ0n) is 21.3. The van der Waals surface area contributed by atoms with Crippen LogP contribution in [0.1, 0.15) is 88.4 Å². The van der Waals surface area contributed by atoms with Gasteiger partial charge in [0.25, 0.3) is 0 Å². The van der Waals surface area contributed by atoms with Crippen molar-refractivity contribution in [3.05, 3.63) is 69.8 Å². The molecule has 0 aliphatic carbocycles. The van der Waals surface area contributed by atoms with E-state index in [-0.39, 0.29) is 0 Å². The second-order valence-electron chi connectivity index (χ2n) is 8.29. The van der Waals surface area contributed by atoms with Gasteiger partial charge < -0.3 is 10.2 Å². The maximum absolute atomic E-state index is 10.9. The van der Waals surface area contributed by atoms with Crippen LogP contribution < -0.4 is 0 Å². The van der Waals surface area contributed by atoms with Crippen LogP contribution in [0.25, 0.3) is 0 Å². The summed E-state index contributed by atoms with van der Waals surface area (Å²) in [5.74, 6) is -0.363. The van der Waals surface area contributed by atoms with Crippen molar-refractivity contribution in [2.75, 3.05) is 11.5 Å². The largest absolute Gasteiger partial charge is 0.478 e. The van der Waals surface area contributed by atoms with Crippen molar-refractivity contribution >= 4 is 59.7 Å². The number of benzene rings is 2. The molecular weight excluding hydrogens is 583 g/mol. The van der Waals surface area contributed by atoms with Crippen LogP contribution in [0.4, 0.5) is 0 Å². The Bertz CT molecular complexity index is 816. The monoisotopic (exact) mass is 625 g/mol. The number of aryl methyl sites for hydroxylation is 4. The summed E-state index contributed by atoms with van der Waals surface area (Å²) in [7, 11) is 0. The number of carbonyl (C=O) groups is 2. The molecule has 0 atom stereocenters. The van der Waals surface area contributed by atoms with Gasteiger partial charge in [0.1, 0.15) is 0 Å². The van der Waals surface area contributed by atoms with Gasteiger partial charge in [0.05, 0.1) is 11.1 Å². The first-order valence-corrected chi connectivity index (χ1v) is 15.5. The molecule has 7 heteroatoms. The van der Waals surface area contributed by atoms with Gasteiger partial charge in [0.2, 0.25) is 0 Å². The van der Waals surface area contributed by atoms with E-state index in [4.69, 9.17) is 10.2 Å². The average Bonchev–Trinajstić information content (AvgIpc) is 2.80. The minimum absolute atomic E-state index is 0.427. The molecule has 0 fully saturated rings. The van der Waals surface area contributed by atoms with E-state index in [1.54, 1.807) is 22.5 Å². The third-order valence-corrected chi connectivity index (χ3v) is 6.89. The average molecular weight is 624 g/mol. The maximum Gasteiger partial charge on any atom is 0.336 e. The van der Waals surface area contributed by atoms with Crippen LogP contribution in [-0.2, 0) is 12.8 Å². The fourth-order valence-electron chi connectivity index (χ4n) is 3.63. The zero-order valence-corrected chi connectivity index (χ0v) is 26.0.